The summed E-state index contributed by atoms with van der Waals surface area (Å²) in [6, 6.07) is 19.8. The Morgan fingerprint density at radius 2 is 1.56 bits per heavy atom. The third-order valence-electron chi connectivity index (χ3n) is 5.38. The van der Waals surface area contributed by atoms with Gasteiger partial charge in [0.1, 0.15) is 0 Å². The Labute approximate surface area is 160 Å². The number of nitrogens with zero attached hydrogens (tertiary/aromatic N) is 2. The van der Waals surface area contributed by atoms with E-state index in [1.54, 1.807) is 4.90 Å². The van der Waals surface area contributed by atoms with Gasteiger partial charge in [0, 0.05) is 20.1 Å². The normalized spacial score (nSPS) is 20.0. The minimum atomic E-state index is -0.780. The Hall–Kier alpha value is -2.66. The van der Waals surface area contributed by atoms with Crippen LogP contribution >= 0.6 is 0 Å². The van der Waals surface area contributed by atoms with Gasteiger partial charge in [-0.2, -0.15) is 0 Å². The van der Waals surface area contributed by atoms with Crippen molar-refractivity contribution in [3.63, 3.8) is 0 Å². The van der Waals surface area contributed by atoms with Gasteiger partial charge in [-0.25, -0.2) is 0 Å². The van der Waals surface area contributed by atoms with E-state index in [1.165, 1.54) is 0 Å². The number of carbonyl (C=O) groups is 2. The van der Waals surface area contributed by atoms with E-state index in [1.807, 2.05) is 79.5 Å². The maximum Gasteiger partial charge on any atom is 0.308 e. The van der Waals surface area contributed by atoms with Crippen molar-refractivity contribution in [3.05, 3.63) is 71.8 Å². The quantitative estimate of drug-likeness (QED) is 0.854. The molecule has 142 valence electrons. The number of carboxylic acid groups (broad SMARTS) is 1. The zero-order chi connectivity index (χ0) is 19.4. The first-order valence-electron chi connectivity index (χ1n) is 9.28. The molecule has 0 unspecified atom stereocenters. The second-order valence-electron chi connectivity index (χ2n) is 7.34. The van der Waals surface area contributed by atoms with Gasteiger partial charge in [0.2, 0.25) is 5.91 Å². The Bertz CT molecular complexity index is 739. The van der Waals surface area contributed by atoms with Crippen molar-refractivity contribution in [2.75, 3.05) is 26.7 Å². The van der Waals surface area contributed by atoms with Crippen LogP contribution < -0.4 is 0 Å². The lowest BCUT2D eigenvalue weighted by molar-refractivity contribution is -0.142. The van der Waals surface area contributed by atoms with Gasteiger partial charge in [0.25, 0.3) is 0 Å². The molecule has 5 heteroatoms. The lowest BCUT2D eigenvalue weighted by Gasteiger charge is -2.30. The molecular formula is C22H26N2O3. The molecule has 1 aliphatic heterocycles. The van der Waals surface area contributed by atoms with Crippen LogP contribution in [0.4, 0.5) is 0 Å². The van der Waals surface area contributed by atoms with Gasteiger partial charge >= 0.3 is 5.97 Å². The highest BCUT2D eigenvalue weighted by molar-refractivity contribution is 5.79. The minimum absolute atomic E-state index is 0.00838. The van der Waals surface area contributed by atoms with E-state index >= 15 is 0 Å². The van der Waals surface area contributed by atoms with Crippen LogP contribution in [0.25, 0.3) is 0 Å². The molecule has 5 nitrogen and oxygen atoms in total. The molecule has 27 heavy (non-hydrogen) atoms. The zero-order valence-electron chi connectivity index (χ0n) is 15.8. The topological polar surface area (TPSA) is 60.9 Å². The molecule has 0 radical (unpaired) electrons. The molecule has 2 atom stereocenters. The average Bonchev–Trinajstić information content (AvgIpc) is 3.04. The highest BCUT2D eigenvalue weighted by Gasteiger charge is 2.36. The van der Waals surface area contributed by atoms with Gasteiger partial charge in [-0.05, 0) is 17.0 Å². The number of carboxylic acids is 1. The molecule has 2 aromatic rings. The number of carbonyl (C=O) groups excluding carboxylic acids is 1. The highest BCUT2D eigenvalue weighted by atomic mass is 16.4. The van der Waals surface area contributed by atoms with Crippen molar-refractivity contribution in [3.8, 4) is 0 Å². The van der Waals surface area contributed by atoms with Crippen molar-refractivity contribution in [2.45, 2.75) is 13.0 Å². The summed E-state index contributed by atoms with van der Waals surface area (Å²) in [7, 11) is 1.82. The molecule has 1 heterocycles. The summed E-state index contributed by atoms with van der Waals surface area (Å²) in [6.07, 6.45) is 0. The number of benzene rings is 2. The van der Waals surface area contributed by atoms with Crippen molar-refractivity contribution < 1.29 is 14.7 Å². The predicted octanol–water partition coefficient (Wildman–Crippen LogP) is 2.89. The second-order valence-corrected chi connectivity index (χ2v) is 7.34. The van der Waals surface area contributed by atoms with Crippen LogP contribution in [0.5, 0.6) is 0 Å². The molecule has 1 amide bonds. The van der Waals surface area contributed by atoms with E-state index in [2.05, 4.69) is 0 Å². The number of hydrogen-bond acceptors (Lipinski definition) is 3. The lowest BCUT2D eigenvalue weighted by Crippen LogP contribution is -2.40. The van der Waals surface area contributed by atoms with Crippen LogP contribution in [0, 0.1) is 11.8 Å². The van der Waals surface area contributed by atoms with E-state index in [-0.39, 0.29) is 24.4 Å². The van der Waals surface area contributed by atoms with E-state index in [4.69, 9.17) is 0 Å². The zero-order valence-corrected chi connectivity index (χ0v) is 15.8. The van der Waals surface area contributed by atoms with Crippen LogP contribution in [0.1, 0.15) is 24.1 Å². The number of likely N-dealkylation sites (N-methyl/N-ethyl adjacent to an activating group) is 1. The van der Waals surface area contributed by atoms with E-state index in [9.17, 15) is 14.7 Å². The van der Waals surface area contributed by atoms with Gasteiger partial charge in [-0.1, -0.05) is 67.6 Å². The maximum atomic E-state index is 13.0. The Morgan fingerprint density at radius 3 is 2.00 bits per heavy atom. The molecular weight excluding hydrogens is 340 g/mol. The van der Waals surface area contributed by atoms with Crippen molar-refractivity contribution in [1.29, 1.82) is 0 Å². The third-order valence-corrected chi connectivity index (χ3v) is 5.38. The van der Waals surface area contributed by atoms with Crippen molar-refractivity contribution in [1.82, 2.24) is 9.80 Å². The average molecular weight is 366 g/mol. The molecule has 1 N–H and O–H groups in total. The van der Waals surface area contributed by atoms with Gasteiger partial charge in [0.15, 0.2) is 0 Å². The number of hydrogen-bond donors (Lipinski definition) is 1. The molecule has 1 aliphatic rings. The van der Waals surface area contributed by atoms with Crippen LogP contribution in [-0.4, -0.2) is 53.5 Å². The predicted molar refractivity (Wildman–Crippen MR) is 104 cm³/mol. The largest absolute Gasteiger partial charge is 0.481 e. The number of aliphatic carboxylic acids is 1. The summed E-state index contributed by atoms with van der Waals surface area (Å²) in [6.45, 7) is 3.24. The van der Waals surface area contributed by atoms with Crippen LogP contribution in [0.2, 0.25) is 0 Å². The fraction of sp³-hybridized carbons (Fsp3) is 0.364. The third kappa shape index (κ3) is 4.37. The molecule has 1 fully saturated rings. The molecule has 0 spiro atoms. The standard InChI is InChI=1S/C22H26N2O3/c1-16-13-24(14-19(16)22(26)27)15-20(25)23(2)21(17-9-5-3-6-10-17)18-11-7-4-8-12-18/h3-12,16,19,21H,13-15H2,1-2H3,(H,26,27)/t16-,19-/m1/s1. The number of likely N-dealkylation sites (tertiary alicyclic amines) is 1. The van der Waals surface area contributed by atoms with Gasteiger partial charge in [-0.3, -0.25) is 14.5 Å². The molecule has 0 aromatic heterocycles. The monoisotopic (exact) mass is 366 g/mol. The van der Waals surface area contributed by atoms with Crippen LogP contribution in [-0.2, 0) is 9.59 Å². The highest BCUT2D eigenvalue weighted by Crippen LogP contribution is 2.28. The summed E-state index contributed by atoms with van der Waals surface area (Å²) in [4.78, 5) is 28.1. The summed E-state index contributed by atoms with van der Waals surface area (Å²) < 4.78 is 0. The van der Waals surface area contributed by atoms with Gasteiger partial charge in [-0.15, -0.1) is 0 Å². The summed E-state index contributed by atoms with van der Waals surface area (Å²) in [5.74, 6) is -1.13. The molecule has 0 bridgehead atoms. The second kappa shape index (κ2) is 8.35. The Morgan fingerprint density at radius 1 is 1.04 bits per heavy atom. The molecule has 3 rings (SSSR count). The van der Waals surface area contributed by atoms with Crippen molar-refractivity contribution in [2.24, 2.45) is 11.8 Å². The summed E-state index contributed by atoms with van der Waals surface area (Å²) in [5, 5.41) is 9.31. The summed E-state index contributed by atoms with van der Waals surface area (Å²) in [5.41, 5.74) is 2.11. The number of rotatable bonds is 6. The molecule has 0 saturated carbocycles. The van der Waals surface area contributed by atoms with E-state index in [0.29, 0.717) is 13.1 Å². The SMILES string of the molecule is C[C@@H]1CN(CC(=O)N(C)C(c2ccccc2)c2ccccc2)C[C@H]1C(=O)O. The van der Waals surface area contributed by atoms with Crippen LogP contribution in [0.15, 0.2) is 60.7 Å². The first-order valence-corrected chi connectivity index (χ1v) is 9.28. The molecule has 0 aliphatic carbocycles. The Balaban J connectivity index is 1.77. The first kappa shape index (κ1) is 19.1. The van der Waals surface area contributed by atoms with Gasteiger partial charge < -0.3 is 10.0 Å². The van der Waals surface area contributed by atoms with Gasteiger partial charge in [0.05, 0.1) is 18.5 Å². The summed E-state index contributed by atoms with van der Waals surface area (Å²) >= 11 is 0. The van der Waals surface area contributed by atoms with E-state index < -0.39 is 11.9 Å². The minimum Gasteiger partial charge on any atom is -0.481 e. The van der Waals surface area contributed by atoms with E-state index in [0.717, 1.165) is 11.1 Å². The molecule has 2 aromatic carbocycles. The lowest BCUT2D eigenvalue weighted by atomic mass is 9.97. The number of amides is 1. The fourth-order valence-corrected chi connectivity index (χ4v) is 3.87. The van der Waals surface area contributed by atoms with Crippen molar-refractivity contribution >= 4 is 11.9 Å². The Kier molecular flexibility index (Phi) is 5.91. The first-order chi connectivity index (χ1) is 13.0. The van der Waals surface area contributed by atoms with Crippen LogP contribution in [0.3, 0.4) is 0 Å². The maximum absolute atomic E-state index is 13.0. The fourth-order valence-electron chi connectivity index (χ4n) is 3.87. The molecule has 1 saturated heterocycles. The smallest absolute Gasteiger partial charge is 0.308 e.